The average Bonchev–Trinajstić information content (AvgIpc) is 3.31. The molecule has 0 saturated carbocycles. The van der Waals surface area contributed by atoms with E-state index in [2.05, 4.69) is 25.5 Å². The molecule has 0 bridgehead atoms. The van der Waals surface area contributed by atoms with Gasteiger partial charge in [-0.05, 0) is 25.1 Å². The Kier molecular flexibility index (Phi) is 3.99. The molecule has 1 amide bonds. The van der Waals surface area contributed by atoms with E-state index in [0.29, 0.717) is 16.0 Å². The van der Waals surface area contributed by atoms with Crippen LogP contribution in [-0.4, -0.2) is 26.1 Å². The molecule has 5 rings (SSSR count). The molecule has 8 heteroatoms. The number of hydrogen-bond acceptors (Lipinski definition) is 5. The fraction of sp³-hybridized carbons (Fsp3) is 0.0476. The van der Waals surface area contributed by atoms with Gasteiger partial charge in [0.2, 0.25) is 5.43 Å². The highest BCUT2D eigenvalue weighted by atomic mass is 32.1. The van der Waals surface area contributed by atoms with Crippen molar-refractivity contribution in [3.8, 4) is 11.3 Å². The lowest BCUT2D eigenvalue weighted by Gasteiger charge is -2.02. The van der Waals surface area contributed by atoms with Crippen LogP contribution in [0.15, 0.2) is 58.7 Å². The summed E-state index contributed by atoms with van der Waals surface area (Å²) >= 11 is 1.30. The monoisotopic (exact) mass is 401 g/mol. The first-order valence-corrected chi connectivity index (χ1v) is 9.82. The van der Waals surface area contributed by atoms with E-state index in [4.69, 9.17) is 0 Å². The van der Waals surface area contributed by atoms with Crippen molar-refractivity contribution in [2.24, 2.45) is 0 Å². The zero-order valence-electron chi connectivity index (χ0n) is 15.3. The fourth-order valence-electron chi connectivity index (χ4n) is 3.44. The third kappa shape index (κ3) is 2.90. The van der Waals surface area contributed by atoms with Gasteiger partial charge in [-0.3, -0.25) is 20.0 Å². The number of hydrogen-bond donors (Lipinski definition) is 3. The van der Waals surface area contributed by atoms with E-state index in [1.54, 1.807) is 24.3 Å². The second-order valence-electron chi connectivity index (χ2n) is 6.61. The average molecular weight is 401 g/mol. The van der Waals surface area contributed by atoms with E-state index >= 15 is 0 Å². The molecule has 2 aromatic carbocycles. The number of thiazole rings is 1. The number of amides is 1. The Labute approximate surface area is 168 Å². The highest BCUT2D eigenvalue weighted by molar-refractivity contribution is 7.14. The van der Waals surface area contributed by atoms with Crippen molar-refractivity contribution in [1.29, 1.82) is 0 Å². The number of rotatable bonds is 3. The van der Waals surface area contributed by atoms with E-state index in [1.807, 2.05) is 36.6 Å². The summed E-state index contributed by atoms with van der Waals surface area (Å²) in [4.78, 5) is 33.1. The molecule has 0 atom stereocenters. The largest absolute Gasteiger partial charge is 0.358 e. The molecule has 0 aliphatic heterocycles. The second kappa shape index (κ2) is 6.68. The van der Waals surface area contributed by atoms with Gasteiger partial charge in [0.15, 0.2) is 10.8 Å². The smallest absolute Gasteiger partial charge is 0.281 e. The van der Waals surface area contributed by atoms with Crippen molar-refractivity contribution in [3.05, 3.63) is 75.5 Å². The van der Waals surface area contributed by atoms with Crippen molar-refractivity contribution in [2.75, 3.05) is 5.32 Å². The van der Waals surface area contributed by atoms with Crippen LogP contribution in [0.2, 0.25) is 0 Å². The first-order chi connectivity index (χ1) is 14.1. The molecule has 0 aliphatic carbocycles. The predicted octanol–water partition coefficient (Wildman–Crippen LogP) is 4.09. The summed E-state index contributed by atoms with van der Waals surface area (Å²) in [5, 5.41) is 13.2. The number of carbonyl (C=O) groups is 1. The minimum absolute atomic E-state index is 0.191. The molecule has 0 spiro atoms. The topological polar surface area (TPSA) is 104 Å². The first kappa shape index (κ1) is 17.3. The third-order valence-corrected chi connectivity index (χ3v) is 5.52. The molecule has 3 heterocycles. The van der Waals surface area contributed by atoms with Crippen LogP contribution in [0.4, 0.5) is 5.13 Å². The quantitative estimate of drug-likeness (QED) is 0.424. The number of para-hydroxylation sites is 2. The van der Waals surface area contributed by atoms with Gasteiger partial charge in [0.05, 0.1) is 11.2 Å². The van der Waals surface area contributed by atoms with E-state index < -0.39 is 11.3 Å². The summed E-state index contributed by atoms with van der Waals surface area (Å²) in [5.74, 6) is -0.589. The molecule has 0 unspecified atom stereocenters. The highest BCUT2D eigenvalue weighted by Gasteiger charge is 2.18. The summed E-state index contributed by atoms with van der Waals surface area (Å²) in [7, 11) is 0. The second-order valence-corrected chi connectivity index (χ2v) is 7.47. The lowest BCUT2D eigenvalue weighted by Crippen LogP contribution is -2.24. The molecule has 3 aromatic heterocycles. The molecule has 0 aliphatic rings. The summed E-state index contributed by atoms with van der Waals surface area (Å²) in [6.45, 7) is 1.99. The third-order valence-electron chi connectivity index (χ3n) is 4.76. The van der Waals surface area contributed by atoms with Gasteiger partial charge in [0.1, 0.15) is 0 Å². The van der Waals surface area contributed by atoms with Gasteiger partial charge in [-0.1, -0.05) is 30.3 Å². The zero-order chi connectivity index (χ0) is 20.0. The number of aryl methyl sites for hydroxylation is 1. The molecule has 3 N–H and O–H groups in total. The van der Waals surface area contributed by atoms with Gasteiger partial charge in [0, 0.05) is 32.9 Å². The van der Waals surface area contributed by atoms with Crippen molar-refractivity contribution < 1.29 is 4.79 Å². The lowest BCUT2D eigenvalue weighted by molar-refractivity contribution is 0.102. The molecule has 0 radical (unpaired) electrons. The maximum absolute atomic E-state index is 12.6. The number of aromatic amines is 2. The van der Waals surface area contributed by atoms with Crippen molar-refractivity contribution >= 4 is 44.2 Å². The Hall–Kier alpha value is -3.78. The van der Waals surface area contributed by atoms with Crippen LogP contribution >= 0.6 is 11.3 Å². The van der Waals surface area contributed by atoms with E-state index in [-0.39, 0.29) is 5.69 Å². The first-order valence-electron chi connectivity index (χ1n) is 8.94. The Morgan fingerprint density at radius 2 is 1.76 bits per heavy atom. The van der Waals surface area contributed by atoms with Crippen LogP contribution in [0.5, 0.6) is 0 Å². The number of benzene rings is 2. The molecular formula is C21H15N5O2S. The molecule has 5 aromatic rings. The molecule has 142 valence electrons. The molecule has 7 nitrogen and oxygen atoms in total. The van der Waals surface area contributed by atoms with Gasteiger partial charge in [-0.2, -0.15) is 5.10 Å². The van der Waals surface area contributed by atoms with Gasteiger partial charge in [0.25, 0.3) is 5.91 Å². The van der Waals surface area contributed by atoms with Crippen molar-refractivity contribution in [2.45, 2.75) is 6.92 Å². The number of H-pyrrole nitrogens is 2. The predicted molar refractivity (Wildman–Crippen MR) is 114 cm³/mol. The summed E-state index contributed by atoms with van der Waals surface area (Å²) in [6, 6.07) is 14.9. The van der Waals surface area contributed by atoms with E-state index in [9.17, 15) is 9.59 Å². The van der Waals surface area contributed by atoms with Crippen molar-refractivity contribution in [3.63, 3.8) is 0 Å². The van der Waals surface area contributed by atoms with Gasteiger partial charge >= 0.3 is 0 Å². The number of carbonyl (C=O) groups excluding carboxylic acids is 1. The number of nitrogens with zero attached hydrogens (tertiary/aromatic N) is 2. The Balaban J connectivity index is 1.47. The molecule has 0 saturated heterocycles. The van der Waals surface area contributed by atoms with Crippen molar-refractivity contribution in [1.82, 2.24) is 20.2 Å². The normalized spacial score (nSPS) is 11.2. The maximum Gasteiger partial charge on any atom is 0.281 e. The lowest BCUT2D eigenvalue weighted by atomic mass is 10.1. The van der Waals surface area contributed by atoms with Crippen LogP contribution in [0.1, 0.15) is 16.2 Å². The number of anilines is 1. The summed E-state index contributed by atoms with van der Waals surface area (Å²) in [5.41, 5.74) is 3.78. The zero-order valence-corrected chi connectivity index (χ0v) is 16.1. The van der Waals surface area contributed by atoms with E-state index in [1.165, 1.54) is 11.3 Å². The molecule has 0 fully saturated rings. The number of aromatic nitrogens is 4. The summed E-state index contributed by atoms with van der Waals surface area (Å²) in [6.07, 6.45) is 0. The maximum atomic E-state index is 12.6. The standard InChI is InChI=1S/C21H15N5O2S/c1-11-17(12-6-2-4-8-14(12)22-11)16-10-29-21(23-16)24-20(28)18-19(27)13-7-3-5-9-15(13)25-26-18/h2-10,22H,1H3,(H,25,27)(H,23,24,28). The Morgan fingerprint density at radius 3 is 2.59 bits per heavy atom. The van der Waals surface area contributed by atoms with E-state index in [0.717, 1.165) is 27.9 Å². The van der Waals surface area contributed by atoms with Gasteiger partial charge < -0.3 is 4.98 Å². The van der Waals surface area contributed by atoms with Crippen LogP contribution < -0.4 is 10.7 Å². The Bertz CT molecular complexity index is 1450. The summed E-state index contributed by atoms with van der Waals surface area (Å²) < 4.78 is 0. The SMILES string of the molecule is Cc1[nH]c2ccccc2c1-c1csc(NC(=O)c2n[nH]c3ccccc3c2=O)n1. The highest BCUT2D eigenvalue weighted by Crippen LogP contribution is 2.33. The van der Waals surface area contributed by atoms with Crippen LogP contribution in [0, 0.1) is 6.92 Å². The van der Waals surface area contributed by atoms with Crippen LogP contribution in [-0.2, 0) is 0 Å². The molecule has 29 heavy (non-hydrogen) atoms. The van der Waals surface area contributed by atoms with Crippen LogP contribution in [0.3, 0.4) is 0 Å². The van der Waals surface area contributed by atoms with Crippen LogP contribution in [0.25, 0.3) is 33.1 Å². The number of fused-ring (bicyclic) bond motifs is 2. The minimum Gasteiger partial charge on any atom is -0.358 e. The van der Waals surface area contributed by atoms with Gasteiger partial charge in [-0.15, -0.1) is 11.3 Å². The fourth-order valence-corrected chi connectivity index (χ4v) is 4.13. The number of nitrogens with one attached hydrogen (secondary N) is 3. The Morgan fingerprint density at radius 1 is 1.03 bits per heavy atom. The minimum atomic E-state index is -0.589. The van der Waals surface area contributed by atoms with Gasteiger partial charge in [-0.25, -0.2) is 4.98 Å². The molecular weight excluding hydrogens is 386 g/mol.